The molecule has 0 saturated heterocycles. The van der Waals surface area contributed by atoms with E-state index in [0.717, 1.165) is 24.2 Å². The molecule has 2 heterocycles. The highest BCUT2D eigenvalue weighted by Crippen LogP contribution is 2.43. The Morgan fingerprint density at radius 2 is 1.51 bits per heavy atom. The first-order valence-corrected chi connectivity index (χ1v) is 20.3. The van der Waals surface area contributed by atoms with Crippen LogP contribution in [0.25, 0.3) is 33.1 Å². The molecule has 6 aromatic carbocycles. The summed E-state index contributed by atoms with van der Waals surface area (Å²) in [5, 5.41) is 10.1. The minimum absolute atomic E-state index is 0.0248. The third-order valence-electron chi connectivity index (χ3n) is 11.9. The second-order valence-electron chi connectivity index (χ2n) is 15.6. The molecule has 9 rings (SSSR count). The third kappa shape index (κ3) is 7.02. The van der Waals surface area contributed by atoms with E-state index in [0.29, 0.717) is 5.92 Å². The van der Waals surface area contributed by atoms with E-state index in [4.69, 9.17) is 0 Å². The van der Waals surface area contributed by atoms with Gasteiger partial charge in [-0.15, -0.1) is 0 Å². The average molecular weight is 743 g/mol. The summed E-state index contributed by atoms with van der Waals surface area (Å²) in [6.07, 6.45) is 13.6. The number of hydrogen-bond acceptors (Lipinski definition) is 3. The molecule has 0 amide bonds. The van der Waals surface area contributed by atoms with Gasteiger partial charge in [0, 0.05) is 33.5 Å². The second-order valence-corrected chi connectivity index (χ2v) is 15.6. The maximum absolute atomic E-state index is 3.85. The van der Waals surface area contributed by atoms with Crippen LogP contribution in [-0.2, 0) is 0 Å². The Hall–Kier alpha value is -6.36. The van der Waals surface area contributed by atoms with Crippen molar-refractivity contribution in [2.45, 2.75) is 45.8 Å². The summed E-state index contributed by atoms with van der Waals surface area (Å²) < 4.78 is 2.41. The van der Waals surface area contributed by atoms with Gasteiger partial charge in [-0.25, -0.2) is 0 Å². The smallest absolute Gasteiger partial charge is 0.106 e. The van der Waals surface area contributed by atoms with Crippen LogP contribution in [0.4, 0.5) is 11.4 Å². The van der Waals surface area contributed by atoms with Crippen molar-refractivity contribution in [3.05, 3.63) is 215 Å². The molecular weight excluding hydrogens is 693 g/mol. The van der Waals surface area contributed by atoms with Gasteiger partial charge in [0.2, 0.25) is 0 Å². The SMILES string of the molecule is C/C=C(\C=C/C(C)C1=C(Nc2ccc(C)cc2)C=CCC1)c1ccc2c(c1)c1ccccc1n2-c1ccc(C2Nc3ccccc3C(c3ccccc3)N2C)cc1. The molecule has 2 N–H and O–H groups in total. The van der Waals surface area contributed by atoms with Gasteiger partial charge in [0.25, 0.3) is 0 Å². The molecule has 2 aliphatic rings. The molecular formula is C53H50N4. The number of aromatic nitrogens is 1. The molecule has 0 fully saturated rings. The van der Waals surface area contributed by atoms with Crippen molar-refractivity contribution in [2.24, 2.45) is 5.92 Å². The van der Waals surface area contributed by atoms with Gasteiger partial charge in [0.1, 0.15) is 6.17 Å². The number of rotatable bonds is 9. The van der Waals surface area contributed by atoms with Crippen LogP contribution in [-0.4, -0.2) is 16.5 Å². The molecule has 1 aliphatic heterocycles. The third-order valence-corrected chi connectivity index (χ3v) is 11.9. The van der Waals surface area contributed by atoms with Crippen molar-refractivity contribution >= 4 is 38.8 Å². The lowest BCUT2D eigenvalue weighted by molar-refractivity contribution is 0.209. The highest BCUT2D eigenvalue weighted by atomic mass is 15.3. The Morgan fingerprint density at radius 3 is 2.32 bits per heavy atom. The maximum atomic E-state index is 3.85. The van der Waals surface area contributed by atoms with E-state index in [-0.39, 0.29) is 12.2 Å². The van der Waals surface area contributed by atoms with Crippen molar-refractivity contribution in [3.63, 3.8) is 0 Å². The van der Waals surface area contributed by atoms with E-state index in [9.17, 15) is 0 Å². The topological polar surface area (TPSA) is 32.2 Å². The summed E-state index contributed by atoms with van der Waals surface area (Å²) >= 11 is 0. The second kappa shape index (κ2) is 15.6. The van der Waals surface area contributed by atoms with E-state index in [1.165, 1.54) is 72.2 Å². The Kier molecular flexibility index (Phi) is 9.96. The van der Waals surface area contributed by atoms with E-state index in [1.807, 2.05) is 0 Å². The predicted molar refractivity (Wildman–Crippen MR) is 242 cm³/mol. The molecule has 0 spiro atoms. The normalized spacial score (nSPS) is 17.9. The van der Waals surface area contributed by atoms with Gasteiger partial charge < -0.3 is 15.2 Å². The molecule has 4 nitrogen and oxygen atoms in total. The average Bonchev–Trinajstić information content (AvgIpc) is 3.59. The quantitative estimate of drug-likeness (QED) is 0.144. The van der Waals surface area contributed by atoms with Gasteiger partial charge in [0.05, 0.1) is 17.1 Å². The summed E-state index contributed by atoms with van der Waals surface area (Å²) in [5.74, 6) is 0.300. The van der Waals surface area contributed by atoms with Crippen molar-refractivity contribution in [1.29, 1.82) is 0 Å². The fourth-order valence-electron chi connectivity index (χ4n) is 8.88. The molecule has 0 radical (unpaired) electrons. The number of aryl methyl sites for hydroxylation is 1. The zero-order chi connectivity index (χ0) is 38.9. The zero-order valence-electron chi connectivity index (χ0n) is 33.3. The summed E-state index contributed by atoms with van der Waals surface area (Å²) in [6, 6.07) is 53.3. The Morgan fingerprint density at radius 1 is 0.772 bits per heavy atom. The van der Waals surface area contributed by atoms with E-state index < -0.39 is 0 Å². The molecule has 1 aliphatic carbocycles. The van der Waals surface area contributed by atoms with Crippen LogP contribution in [0.2, 0.25) is 0 Å². The molecule has 3 unspecified atom stereocenters. The lowest BCUT2D eigenvalue weighted by Crippen LogP contribution is -2.38. The molecule has 1 aromatic heterocycles. The molecule has 0 saturated carbocycles. The highest BCUT2D eigenvalue weighted by Gasteiger charge is 2.33. The first kappa shape index (κ1) is 36.3. The fourth-order valence-corrected chi connectivity index (χ4v) is 8.88. The highest BCUT2D eigenvalue weighted by molar-refractivity contribution is 6.10. The number of nitrogens with one attached hydrogen (secondary N) is 2. The lowest BCUT2D eigenvalue weighted by Gasteiger charge is -2.42. The number of allylic oxidation sites excluding steroid dienone is 7. The molecule has 57 heavy (non-hydrogen) atoms. The number of fused-ring (bicyclic) bond motifs is 4. The first-order chi connectivity index (χ1) is 28.0. The molecule has 7 aromatic rings. The van der Waals surface area contributed by atoms with Crippen LogP contribution in [0.3, 0.4) is 0 Å². The summed E-state index contributed by atoms with van der Waals surface area (Å²) in [6.45, 7) is 6.59. The van der Waals surface area contributed by atoms with E-state index in [2.05, 4.69) is 224 Å². The Bertz CT molecular complexity index is 2670. The van der Waals surface area contributed by atoms with Crippen molar-refractivity contribution < 1.29 is 0 Å². The zero-order valence-corrected chi connectivity index (χ0v) is 33.3. The van der Waals surface area contributed by atoms with Gasteiger partial charge in [-0.2, -0.15) is 0 Å². The van der Waals surface area contributed by atoms with Gasteiger partial charge in [-0.3, -0.25) is 4.90 Å². The van der Waals surface area contributed by atoms with Crippen molar-refractivity contribution in [2.75, 3.05) is 17.7 Å². The number of nitrogens with zero attached hydrogens (tertiary/aromatic N) is 2. The van der Waals surface area contributed by atoms with Crippen molar-refractivity contribution in [3.8, 4) is 5.69 Å². The van der Waals surface area contributed by atoms with Crippen molar-refractivity contribution in [1.82, 2.24) is 9.47 Å². The minimum atomic E-state index is 0.0248. The summed E-state index contributed by atoms with van der Waals surface area (Å²) in [7, 11) is 2.23. The number of para-hydroxylation sites is 2. The van der Waals surface area contributed by atoms with Gasteiger partial charge in [-0.05, 0) is 128 Å². The van der Waals surface area contributed by atoms with Crippen LogP contribution >= 0.6 is 0 Å². The van der Waals surface area contributed by atoms with Crippen LogP contribution in [0.15, 0.2) is 187 Å². The van der Waals surface area contributed by atoms with E-state index >= 15 is 0 Å². The largest absolute Gasteiger partial charge is 0.366 e. The maximum Gasteiger partial charge on any atom is 0.106 e. The van der Waals surface area contributed by atoms with Crippen LogP contribution in [0.1, 0.15) is 66.7 Å². The van der Waals surface area contributed by atoms with Crippen LogP contribution in [0.5, 0.6) is 0 Å². The lowest BCUT2D eigenvalue weighted by atomic mass is 9.90. The molecule has 282 valence electrons. The fraction of sp³-hybridized carbons (Fsp3) is 0.170. The van der Waals surface area contributed by atoms with Crippen LogP contribution in [0, 0.1) is 12.8 Å². The molecule has 4 heteroatoms. The predicted octanol–water partition coefficient (Wildman–Crippen LogP) is 13.5. The molecule has 3 atom stereocenters. The summed E-state index contributed by atoms with van der Waals surface area (Å²) in [4.78, 5) is 2.45. The molecule has 0 bridgehead atoms. The number of anilines is 2. The monoisotopic (exact) mass is 742 g/mol. The number of benzene rings is 6. The standard InChI is InChI=1S/C53H50N4/c1-5-38(26-25-37(3)44-17-9-12-20-48(44)54-42-30-23-36(2)24-31-42)41-29-34-51-47(35-41)45-18-11-14-22-50(45)57(51)43-32-27-40(28-33-43)53-55-49-21-13-10-19-46(49)52(56(53)4)39-15-7-6-8-16-39/h5-8,10-16,18-35,37,52-55H,9,17H2,1-4H3/b26-25-,38-5+. The summed E-state index contributed by atoms with van der Waals surface area (Å²) in [5.41, 5.74) is 16.1. The number of hydrogen-bond donors (Lipinski definition) is 2. The van der Waals surface area contributed by atoms with Gasteiger partial charge in [0.15, 0.2) is 0 Å². The van der Waals surface area contributed by atoms with Gasteiger partial charge in [-0.1, -0.05) is 134 Å². The van der Waals surface area contributed by atoms with E-state index in [1.54, 1.807) is 0 Å². The van der Waals surface area contributed by atoms with Gasteiger partial charge >= 0.3 is 0 Å². The van der Waals surface area contributed by atoms with Crippen LogP contribution < -0.4 is 10.6 Å². The Balaban J connectivity index is 1.01. The minimum Gasteiger partial charge on any atom is -0.366 e. The Labute approximate surface area is 337 Å². The first-order valence-electron chi connectivity index (χ1n) is 20.3.